The molecule has 1 saturated carbocycles. The van der Waals surface area contributed by atoms with Crippen molar-refractivity contribution in [3.05, 3.63) is 33.7 Å². The highest BCUT2D eigenvalue weighted by Gasteiger charge is 2.30. The monoisotopic (exact) mass is 368 g/mol. The number of carbonyl (C=O) groups excluding carboxylic acids is 1. The lowest BCUT2D eigenvalue weighted by Gasteiger charge is -2.14. The largest absolute Gasteiger partial charge is 0.495 e. The van der Waals surface area contributed by atoms with Gasteiger partial charge < -0.3 is 10.1 Å². The van der Waals surface area contributed by atoms with Gasteiger partial charge in [-0.1, -0.05) is 23.4 Å². The molecule has 0 bridgehead atoms. The molecule has 3 rings (SSSR count). The van der Waals surface area contributed by atoms with E-state index in [1.54, 1.807) is 29.7 Å². The number of methoxy groups -OCH3 is 1. The van der Waals surface area contributed by atoms with Crippen LogP contribution in [0.5, 0.6) is 5.75 Å². The number of nitrogens with zero attached hydrogens (tertiary/aromatic N) is 2. The average molecular weight is 369 g/mol. The number of hydrogen-bond donors (Lipinski definition) is 2. The number of halogens is 1. The molecule has 1 amide bonds. The Bertz CT molecular complexity index is 815. The predicted octanol–water partition coefficient (Wildman–Crippen LogP) is 2.69. The minimum absolute atomic E-state index is 0.196. The van der Waals surface area contributed by atoms with Gasteiger partial charge >= 0.3 is 5.69 Å². The third kappa shape index (κ3) is 3.59. The Morgan fingerprint density at radius 1 is 1.54 bits per heavy atom. The molecule has 7 nitrogen and oxygen atoms in total. The summed E-state index contributed by atoms with van der Waals surface area (Å²) in [7, 11) is 1.52. The number of nitrogens with one attached hydrogen (secondary N) is 2. The molecular weight excluding hydrogens is 352 g/mol. The lowest BCUT2D eigenvalue weighted by molar-refractivity contribution is -0.115. The maximum Gasteiger partial charge on any atom is 0.344 e. The minimum Gasteiger partial charge on any atom is -0.495 e. The first kappa shape index (κ1) is 16.9. The second-order valence-electron chi connectivity index (χ2n) is 5.51. The van der Waals surface area contributed by atoms with E-state index in [2.05, 4.69) is 15.5 Å². The van der Waals surface area contributed by atoms with Crippen molar-refractivity contribution in [3.63, 3.8) is 0 Å². The van der Waals surface area contributed by atoms with Gasteiger partial charge in [-0.2, -0.15) is 0 Å². The number of H-pyrrole nitrogens is 1. The maximum atomic E-state index is 12.4. The van der Waals surface area contributed by atoms with E-state index in [0.29, 0.717) is 21.6 Å². The zero-order chi connectivity index (χ0) is 17.3. The molecule has 1 atom stereocenters. The van der Waals surface area contributed by atoms with Crippen LogP contribution < -0.4 is 15.7 Å². The van der Waals surface area contributed by atoms with E-state index in [0.717, 1.165) is 12.8 Å². The van der Waals surface area contributed by atoms with Gasteiger partial charge in [0.05, 0.1) is 18.0 Å². The van der Waals surface area contributed by atoms with Crippen LogP contribution in [-0.4, -0.2) is 33.0 Å². The summed E-state index contributed by atoms with van der Waals surface area (Å²) in [6, 6.07) is 5.20. The highest BCUT2D eigenvalue weighted by atomic mass is 35.5. The summed E-state index contributed by atoms with van der Waals surface area (Å²) >= 11 is 7.21. The Hall–Kier alpha value is -1.93. The standard InChI is InChI=1S/C15H17ClN4O3S/c1-8(24-15-19-18-14(22)20(15)10-4-5-10)13(21)17-11-7-9(16)3-6-12(11)23-2/h3,6-8,10H,4-5H2,1-2H3,(H,17,21)(H,18,22)/t8-/m0/s1. The molecule has 2 N–H and O–H groups in total. The van der Waals surface area contributed by atoms with E-state index in [1.165, 1.54) is 18.9 Å². The van der Waals surface area contributed by atoms with Gasteiger partial charge in [0.1, 0.15) is 5.75 Å². The van der Waals surface area contributed by atoms with Crippen LogP contribution in [0.1, 0.15) is 25.8 Å². The molecule has 1 aliphatic carbocycles. The number of amides is 1. The van der Waals surface area contributed by atoms with Crippen molar-refractivity contribution >= 4 is 35.0 Å². The van der Waals surface area contributed by atoms with Crippen molar-refractivity contribution < 1.29 is 9.53 Å². The number of aromatic amines is 1. The highest BCUT2D eigenvalue weighted by Crippen LogP contribution is 2.37. The molecule has 2 aromatic rings. The number of carbonyl (C=O) groups is 1. The van der Waals surface area contributed by atoms with E-state index < -0.39 is 5.25 Å². The van der Waals surface area contributed by atoms with Crippen LogP contribution in [-0.2, 0) is 4.79 Å². The van der Waals surface area contributed by atoms with E-state index in [4.69, 9.17) is 16.3 Å². The molecule has 0 saturated heterocycles. The minimum atomic E-state index is -0.443. The molecule has 1 fully saturated rings. The van der Waals surface area contributed by atoms with E-state index >= 15 is 0 Å². The van der Waals surface area contributed by atoms with Crippen LogP contribution in [0.2, 0.25) is 5.02 Å². The summed E-state index contributed by atoms with van der Waals surface area (Å²) in [5.74, 6) is 0.304. The number of rotatable bonds is 6. The highest BCUT2D eigenvalue weighted by molar-refractivity contribution is 8.00. The van der Waals surface area contributed by atoms with Gasteiger partial charge in [-0.25, -0.2) is 9.89 Å². The Kier molecular flexibility index (Phi) is 4.86. The molecule has 0 spiro atoms. The summed E-state index contributed by atoms with van der Waals surface area (Å²) in [4.78, 5) is 24.2. The quantitative estimate of drug-likeness (QED) is 0.765. The first-order valence-corrected chi connectivity index (χ1v) is 8.73. The Morgan fingerprint density at radius 3 is 2.96 bits per heavy atom. The number of ether oxygens (including phenoxy) is 1. The first-order chi connectivity index (χ1) is 11.5. The molecule has 0 unspecified atom stereocenters. The molecule has 9 heteroatoms. The zero-order valence-corrected chi connectivity index (χ0v) is 14.8. The smallest absolute Gasteiger partial charge is 0.344 e. The fraction of sp³-hybridized carbons (Fsp3) is 0.400. The summed E-state index contributed by atoms with van der Waals surface area (Å²) in [6.07, 6.45) is 1.93. The van der Waals surface area contributed by atoms with Crippen LogP contribution in [0.25, 0.3) is 0 Å². The number of anilines is 1. The SMILES string of the molecule is COc1ccc(Cl)cc1NC(=O)[C@H](C)Sc1n[nH]c(=O)n1C1CC1. The lowest BCUT2D eigenvalue weighted by atomic mass is 10.3. The number of hydrogen-bond acceptors (Lipinski definition) is 5. The molecule has 24 heavy (non-hydrogen) atoms. The molecule has 0 radical (unpaired) electrons. The lowest BCUT2D eigenvalue weighted by Crippen LogP contribution is -2.24. The fourth-order valence-electron chi connectivity index (χ4n) is 2.25. The van der Waals surface area contributed by atoms with Crippen LogP contribution in [0, 0.1) is 0 Å². The van der Waals surface area contributed by atoms with Crippen molar-refractivity contribution in [2.24, 2.45) is 0 Å². The Balaban J connectivity index is 1.72. The summed E-state index contributed by atoms with van der Waals surface area (Å²) < 4.78 is 6.84. The van der Waals surface area contributed by atoms with Crippen molar-refractivity contribution in [3.8, 4) is 5.75 Å². The Labute approximate surface area is 147 Å². The number of aromatic nitrogens is 3. The topological polar surface area (TPSA) is 89.0 Å². The van der Waals surface area contributed by atoms with Crippen LogP contribution >= 0.6 is 23.4 Å². The first-order valence-electron chi connectivity index (χ1n) is 7.47. The predicted molar refractivity (Wildman–Crippen MR) is 93.1 cm³/mol. The maximum absolute atomic E-state index is 12.4. The molecular formula is C15H17ClN4O3S. The summed E-state index contributed by atoms with van der Waals surface area (Å²) in [6.45, 7) is 1.76. The van der Waals surface area contributed by atoms with Crippen molar-refractivity contribution in [2.75, 3.05) is 12.4 Å². The Morgan fingerprint density at radius 2 is 2.29 bits per heavy atom. The van der Waals surface area contributed by atoms with Crippen LogP contribution in [0.4, 0.5) is 5.69 Å². The molecule has 1 heterocycles. The van der Waals surface area contributed by atoms with Gasteiger partial charge in [0.25, 0.3) is 0 Å². The van der Waals surface area contributed by atoms with Crippen molar-refractivity contribution in [1.29, 1.82) is 0 Å². The van der Waals surface area contributed by atoms with E-state index in [-0.39, 0.29) is 17.6 Å². The third-order valence-electron chi connectivity index (χ3n) is 3.65. The molecule has 1 aliphatic rings. The second-order valence-corrected chi connectivity index (χ2v) is 7.25. The van der Waals surface area contributed by atoms with Crippen LogP contribution in [0.3, 0.4) is 0 Å². The van der Waals surface area contributed by atoms with Crippen LogP contribution in [0.15, 0.2) is 28.2 Å². The van der Waals surface area contributed by atoms with Gasteiger partial charge in [-0.15, -0.1) is 5.10 Å². The van der Waals surface area contributed by atoms with Crippen molar-refractivity contribution in [1.82, 2.24) is 14.8 Å². The molecule has 128 valence electrons. The molecule has 0 aliphatic heterocycles. The number of benzene rings is 1. The van der Waals surface area contributed by atoms with Gasteiger partial charge in [0.2, 0.25) is 5.91 Å². The third-order valence-corrected chi connectivity index (χ3v) is 4.96. The molecule has 1 aromatic carbocycles. The van der Waals surface area contributed by atoms with Gasteiger partial charge in [0, 0.05) is 11.1 Å². The number of thioether (sulfide) groups is 1. The average Bonchev–Trinajstić information content (AvgIpc) is 3.32. The fourth-order valence-corrected chi connectivity index (χ4v) is 3.35. The second kappa shape index (κ2) is 6.90. The van der Waals surface area contributed by atoms with Gasteiger partial charge in [-0.05, 0) is 38.0 Å². The normalized spacial score (nSPS) is 15.1. The van der Waals surface area contributed by atoms with Gasteiger partial charge in [0.15, 0.2) is 5.16 Å². The summed E-state index contributed by atoms with van der Waals surface area (Å²) in [5.41, 5.74) is 0.271. The summed E-state index contributed by atoms with van der Waals surface area (Å²) in [5, 5.41) is 9.85. The zero-order valence-electron chi connectivity index (χ0n) is 13.2. The van der Waals surface area contributed by atoms with E-state index in [1.807, 2.05) is 0 Å². The molecule has 1 aromatic heterocycles. The van der Waals surface area contributed by atoms with Crippen molar-refractivity contribution in [2.45, 2.75) is 36.2 Å². The van der Waals surface area contributed by atoms with Gasteiger partial charge in [-0.3, -0.25) is 9.36 Å². The van der Waals surface area contributed by atoms with E-state index in [9.17, 15) is 9.59 Å².